The Hall–Kier alpha value is -2.67. The van der Waals surface area contributed by atoms with Crippen molar-refractivity contribution in [1.82, 2.24) is 9.88 Å². The highest BCUT2D eigenvalue weighted by Crippen LogP contribution is 2.36. The molecule has 3 heterocycles. The third-order valence-corrected chi connectivity index (χ3v) is 7.31. The Kier molecular flexibility index (Phi) is 5.06. The number of hydrogen-bond donors (Lipinski definition) is 1. The van der Waals surface area contributed by atoms with Crippen molar-refractivity contribution in [3.63, 3.8) is 0 Å². The molecular formula is C23H25FN4OS. The number of pyridine rings is 1. The number of para-hydroxylation sites is 1. The molecule has 30 heavy (non-hydrogen) atoms. The van der Waals surface area contributed by atoms with Crippen LogP contribution in [0, 0.1) is 5.82 Å². The predicted molar refractivity (Wildman–Crippen MR) is 120 cm³/mol. The number of hydrogen-bond acceptors (Lipinski definition) is 5. The van der Waals surface area contributed by atoms with Crippen molar-refractivity contribution >= 4 is 38.8 Å². The van der Waals surface area contributed by atoms with Gasteiger partial charge in [0.1, 0.15) is 15.5 Å². The van der Waals surface area contributed by atoms with Gasteiger partial charge in [0.2, 0.25) is 0 Å². The van der Waals surface area contributed by atoms with Crippen LogP contribution in [0.4, 0.5) is 15.8 Å². The van der Waals surface area contributed by atoms with E-state index in [4.69, 9.17) is 10.7 Å². The van der Waals surface area contributed by atoms with Gasteiger partial charge in [0.25, 0.3) is 5.91 Å². The van der Waals surface area contributed by atoms with Gasteiger partial charge in [-0.05, 0) is 49.4 Å². The average molecular weight is 425 g/mol. The number of fused-ring (bicyclic) bond motifs is 2. The molecular weight excluding hydrogens is 399 g/mol. The maximum Gasteiger partial charge on any atom is 0.266 e. The van der Waals surface area contributed by atoms with Crippen molar-refractivity contribution in [3.8, 4) is 0 Å². The summed E-state index contributed by atoms with van der Waals surface area (Å²) in [5.41, 5.74) is 10.0. The molecule has 0 bridgehead atoms. The summed E-state index contributed by atoms with van der Waals surface area (Å²) >= 11 is 1.40. The van der Waals surface area contributed by atoms with Crippen LogP contribution in [-0.2, 0) is 12.8 Å². The van der Waals surface area contributed by atoms with Gasteiger partial charge >= 0.3 is 0 Å². The number of carbonyl (C=O) groups excluding carboxylic acids is 1. The standard InChI is InChI=1S/C23H25FN4OS/c24-17-7-4-5-9-19(17)27-10-12-28(13-11-27)23(29)21-20(25)16-14-15-6-2-1-3-8-18(15)26-22(16)30-21/h4-5,7,9,14H,1-3,6,8,10-13,25H2. The molecule has 2 N–H and O–H groups in total. The van der Waals surface area contributed by atoms with Crippen LogP contribution >= 0.6 is 11.3 Å². The van der Waals surface area contributed by atoms with E-state index in [1.165, 1.54) is 47.9 Å². The van der Waals surface area contributed by atoms with Crippen molar-refractivity contribution in [3.05, 3.63) is 52.3 Å². The van der Waals surface area contributed by atoms with E-state index in [0.717, 1.165) is 23.1 Å². The highest BCUT2D eigenvalue weighted by Gasteiger charge is 2.27. The summed E-state index contributed by atoms with van der Waals surface area (Å²) in [6.45, 7) is 2.30. The van der Waals surface area contributed by atoms with Crippen LogP contribution < -0.4 is 10.6 Å². The smallest absolute Gasteiger partial charge is 0.266 e. The molecule has 5 rings (SSSR count). The average Bonchev–Trinajstić information content (AvgIpc) is 2.93. The maximum absolute atomic E-state index is 14.1. The van der Waals surface area contributed by atoms with Gasteiger partial charge in [0.05, 0.1) is 11.4 Å². The summed E-state index contributed by atoms with van der Waals surface area (Å²) in [4.78, 5) is 23.3. The van der Waals surface area contributed by atoms with E-state index >= 15 is 0 Å². The van der Waals surface area contributed by atoms with Crippen LogP contribution in [0.5, 0.6) is 0 Å². The van der Waals surface area contributed by atoms with Crippen LogP contribution in [0.15, 0.2) is 30.3 Å². The highest BCUT2D eigenvalue weighted by molar-refractivity contribution is 7.21. The largest absolute Gasteiger partial charge is 0.397 e. The van der Waals surface area contributed by atoms with Gasteiger partial charge < -0.3 is 15.5 Å². The second-order valence-corrected chi connectivity index (χ2v) is 9.08. The molecule has 0 atom stereocenters. The fraction of sp³-hybridized carbons (Fsp3) is 0.391. The first-order chi connectivity index (χ1) is 14.6. The molecule has 1 aromatic carbocycles. The van der Waals surface area contributed by atoms with Gasteiger partial charge in [-0.3, -0.25) is 4.79 Å². The van der Waals surface area contributed by atoms with Gasteiger partial charge in [-0.25, -0.2) is 9.37 Å². The quantitative estimate of drug-likeness (QED) is 0.625. The number of nitrogens with zero attached hydrogens (tertiary/aromatic N) is 3. The van der Waals surface area contributed by atoms with Crippen LogP contribution in [0.25, 0.3) is 10.2 Å². The molecule has 2 aromatic heterocycles. The molecule has 1 fully saturated rings. The lowest BCUT2D eigenvalue weighted by molar-refractivity contribution is 0.0752. The second-order valence-electron chi connectivity index (χ2n) is 8.08. The number of amides is 1. The molecule has 0 saturated carbocycles. The minimum absolute atomic E-state index is 0.0427. The molecule has 0 spiro atoms. The van der Waals surface area contributed by atoms with Crippen molar-refractivity contribution < 1.29 is 9.18 Å². The Morgan fingerprint density at radius 3 is 2.63 bits per heavy atom. The number of nitrogen functional groups attached to an aromatic ring is 1. The Balaban J connectivity index is 1.36. The lowest BCUT2D eigenvalue weighted by atomic mass is 10.1. The third kappa shape index (κ3) is 3.41. The van der Waals surface area contributed by atoms with Crippen LogP contribution in [-0.4, -0.2) is 42.0 Å². The SMILES string of the molecule is Nc1c(C(=O)N2CCN(c3ccccc3F)CC2)sc2nc3c(cc12)CCCCC3. The van der Waals surface area contributed by atoms with Gasteiger partial charge in [0.15, 0.2) is 0 Å². The number of anilines is 2. The molecule has 0 radical (unpaired) electrons. The molecule has 7 heteroatoms. The first-order valence-corrected chi connectivity index (χ1v) is 11.4. The minimum Gasteiger partial charge on any atom is -0.397 e. The Labute approximate surface area is 179 Å². The van der Waals surface area contributed by atoms with Gasteiger partial charge in [-0.1, -0.05) is 18.6 Å². The van der Waals surface area contributed by atoms with Gasteiger partial charge in [-0.2, -0.15) is 0 Å². The lowest BCUT2D eigenvalue weighted by Crippen LogP contribution is -2.49. The zero-order chi connectivity index (χ0) is 20.7. The molecule has 156 valence electrons. The normalized spacial score (nSPS) is 17.1. The highest BCUT2D eigenvalue weighted by atomic mass is 32.1. The summed E-state index contributed by atoms with van der Waals surface area (Å²) in [5.74, 6) is -0.268. The van der Waals surface area contributed by atoms with E-state index in [0.29, 0.717) is 42.4 Å². The van der Waals surface area contributed by atoms with Gasteiger partial charge in [-0.15, -0.1) is 11.3 Å². The van der Waals surface area contributed by atoms with E-state index in [1.807, 2.05) is 15.9 Å². The molecule has 1 aliphatic carbocycles. The van der Waals surface area contributed by atoms with E-state index in [9.17, 15) is 9.18 Å². The number of rotatable bonds is 2. The lowest BCUT2D eigenvalue weighted by Gasteiger charge is -2.36. The summed E-state index contributed by atoms with van der Waals surface area (Å²) in [6.07, 6.45) is 5.63. The molecule has 1 amide bonds. The fourth-order valence-corrected chi connectivity index (χ4v) is 5.56. The van der Waals surface area contributed by atoms with E-state index in [1.54, 1.807) is 12.1 Å². The van der Waals surface area contributed by atoms with E-state index in [-0.39, 0.29) is 11.7 Å². The summed E-state index contributed by atoms with van der Waals surface area (Å²) in [6, 6.07) is 8.94. The first-order valence-electron chi connectivity index (χ1n) is 10.6. The monoisotopic (exact) mass is 424 g/mol. The minimum atomic E-state index is -0.225. The van der Waals surface area contributed by atoms with Crippen molar-refractivity contribution in [1.29, 1.82) is 0 Å². The van der Waals surface area contributed by atoms with Gasteiger partial charge in [0, 0.05) is 37.3 Å². The number of aryl methyl sites for hydroxylation is 2. The number of piperazine rings is 1. The Morgan fingerprint density at radius 2 is 1.83 bits per heavy atom. The topological polar surface area (TPSA) is 62.5 Å². The number of halogens is 1. The van der Waals surface area contributed by atoms with Crippen molar-refractivity contribution in [2.45, 2.75) is 32.1 Å². The number of carbonyl (C=O) groups is 1. The molecule has 0 unspecified atom stereocenters. The second kappa shape index (κ2) is 7.87. The van der Waals surface area contributed by atoms with Crippen LogP contribution in [0.3, 0.4) is 0 Å². The number of benzene rings is 1. The Morgan fingerprint density at radius 1 is 1.07 bits per heavy atom. The van der Waals surface area contributed by atoms with Crippen LogP contribution in [0.2, 0.25) is 0 Å². The van der Waals surface area contributed by atoms with Crippen molar-refractivity contribution in [2.75, 3.05) is 36.8 Å². The predicted octanol–water partition coefficient (Wildman–Crippen LogP) is 4.25. The van der Waals surface area contributed by atoms with E-state index in [2.05, 4.69) is 6.07 Å². The molecule has 1 saturated heterocycles. The summed E-state index contributed by atoms with van der Waals surface area (Å²) < 4.78 is 14.1. The summed E-state index contributed by atoms with van der Waals surface area (Å²) in [5, 5.41) is 0.911. The number of nitrogens with two attached hydrogens (primary N) is 1. The Bertz CT molecular complexity index is 1100. The zero-order valence-corrected chi connectivity index (χ0v) is 17.7. The number of thiophene rings is 1. The number of aromatic nitrogens is 1. The molecule has 3 aromatic rings. The van der Waals surface area contributed by atoms with Crippen molar-refractivity contribution in [2.24, 2.45) is 0 Å². The molecule has 5 nitrogen and oxygen atoms in total. The fourth-order valence-electron chi connectivity index (χ4n) is 4.50. The molecule has 2 aliphatic rings. The molecule has 1 aliphatic heterocycles. The summed E-state index contributed by atoms with van der Waals surface area (Å²) in [7, 11) is 0. The maximum atomic E-state index is 14.1. The van der Waals surface area contributed by atoms with E-state index < -0.39 is 0 Å². The first kappa shape index (κ1) is 19.3. The van der Waals surface area contributed by atoms with Crippen LogP contribution in [0.1, 0.15) is 40.2 Å². The third-order valence-electron chi connectivity index (χ3n) is 6.20. The zero-order valence-electron chi connectivity index (χ0n) is 16.9.